The maximum atomic E-state index is 12.3. The van der Waals surface area contributed by atoms with E-state index in [2.05, 4.69) is 15.5 Å². The summed E-state index contributed by atoms with van der Waals surface area (Å²) in [6.45, 7) is 10.9. The van der Waals surface area contributed by atoms with E-state index in [1.807, 2.05) is 32.6 Å². The number of hydrogen-bond donors (Lipinski definition) is 2. The molecule has 7 nitrogen and oxygen atoms in total. The molecule has 1 aliphatic heterocycles. The second kappa shape index (κ2) is 8.84. The van der Waals surface area contributed by atoms with Crippen molar-refractivity contribution in [3.63, 3.8) is 0 Å². The fourth-order valence-corrected chi connectivity index (χ4v) is 2.94. The molecule has 0 bridgehead atoms. The first-order valence-corrected chi connectivity index (χ1v) is 9.79. The first kappa shape index (κ1) is 20.7. The minimum atomic E-state index is -0.400. The van der Waals surface area contributed by atoms with E-state index in [0.29, 0.717) is 38.5 Å². The molecule has 0 radical (unpaired) electrons. The molecule has 1 unspecified atom stereocenters. The Morgan fingerprint density at radius 2 is 1.69 bits per heavy atom. The van der Waals surface area contributed by atoms with Crippen molar-refractivity contribution in [2.75, 3.05) is 32.7 Å². The van der Waals surface area contributed by atoms with Crippen LogP contribution in [0, 0.1) is 5.41 Å². The molecule has 1 saturated heterocycles. The number of amides is 3. The highest BCUT2D eigenvalue weighted by Gasteiger charge is 2.30. The van der Waals surface area contributed by atoms with Gasteiger partial charge in [-0.1, -0.05) is 20.8 Å². The van der Waals surface area contributed by atoms with Crippen LogP contribution in [0.4, 0.5) is 0 Å². The molecule has 0 aromatic rings. The van der Waals surface area contributed by atoms with Crippen molar-refractivity contribution in [1.29, 1.82) is 0 Å². The van der Waals surface area contributed by atoms with Gasteiger partial charge in [-0.2, -0.15) is 0 Å². The fraction of sp³-hybridized carbons (Fsp3) is 0.842. The summed E-state index contributed by atoms with van der Waals surface area (Å²) in [5, 5.41) is 5.92. The molecule has 26 heavy (non-hydrogen) atoms. The number of carbonyl (C=O) groups excluding carboxylic acids is 3. The van der Waals surface area contributed by atoms with Crippen LogP contribution >= 0.6 is 0 Å². The summed E-state index contributed by atoms with van der Waals surface area (Å²) in [4.78, 5) is 40.3. The Balaban J connectivity index is 1.63. The third-order valence-corrected chi connectivity index (χ3v) is 5.05. The fourth-order valence-electron chi connectivity index (χ4n) is 2.94. The van der Waals surface area contributed by atoms with Gasteiger partial charge in [0.25, 0.3) is 0 Å². The van der Waals surface area contributed by atoms with Gasteiger partial charge in [-0.05, 0) is 26.2 Å². The SMILES string of the molecule is CC(C(=O)NC1CC1)N1CCN(C(=O)CCCNC(=O)C(C)(C)C)CC1. The first-order valence-electron chi connectivity index (χ1n) is 9.79. The van der Waals surface area contributed by atoms with E-state index in [4.69, 9.17) is 0 Å². The Morgan fingerprint density at radius 3 is 2.23 bits per heavy atom. The van der Waals surface area contributed by atoms with Crippen molar-refractivity contribution in [2.24, 2.45) is 5.41 Å². The van der Waals surface area contributed by atoms with Gasteiger partial charge >= 0.3 is 0 Å². The highest BCUT2D eigenvalue weighted by Crippen LogP contribution is 2.19. The van der Waals surface area contributed by atoms with Gasteiger partial charge < -0.3 is 15.5 Å². The summed E-state index contributed by atoms with van der Waals surface area (Å²) < 4.78 is 0. The van der Waals surface area contributed by atoms with Crippen LogP contribution in [-0.2, 0) is 14.4 Å². The van der Waals surface area contributed by atoms with E-state index in [1.165, 1.54) is 0 Å². The van der Waals surface area contributed by atoms with Crippen LogP contribution in [0.3, 0.4) is 0 Å². The van der Waals surface area contributed by atoms with Gasteiger partial charge in [-0.15, -0.1) is 0 Å². The Hall–Kier alpha value is -1.63. The lowest BCUT2D eigenvalue weighted by molar-refractivity contribution is -0.135. The van der Waals surface area contributed by atoms with Crippen molar-refractivity contribution in [1.82, 2.24) is 20.4 Å². The molecule has 1 heterocycles. The van der Waals surface area contributed by atoms with Crippen LogP contribution in [-0.4, -0.2) is 72.3 Å². The lowest BCUT2D eigenvalue weighted by atomic mass is 9.96. The lowest BCUT2D eigenvalue weighted by Gasteiger charge is -2.37. The van der Waals surface area contributed by atoms with Crippen molar-refractivity contribution >= 4 is 17.7 Å². The number of piperazine rings is 1. The minimum Gasteiger partial charge on any atom is -0.356 e. The average molecular weight is 367 g/mol. The molecule has 0 aromatic carbocycles. The van der Waals surface area contributed by atoms with E-state index in [9.17, 15) is 14.4 Å². The number of nitrogens with zero attached hydrogens (tertiary/aromatic N) is 2. The number of hydrogen-bond acceptors (Lipinski definition) is 4. The zero-order valence-electron chi connectivity index (χ0n) is 16.6. The van der Waals surface area contributed by atoms with Crippen LogP contribution < -0.4 is 10.6 Å². The molecule has 2 aliphatic rings. The molecule has 1 aliphatic carbocycles. The van der Waals surface area contributed by atoms with Crippen molar-refractivity contribution in [3.8, 4) is 0 Å². The van der Waals surface area contributed by atoms with Crippen LogP contribution in [0.5, 0.6) is 0 Å². The monoisotopic (exact) mass is 366 g/mol. The second-order valence-corrected chi connectivity index (χ2v) is 8.49. The summed E-state index contributed by atoms with van der Waals surface area (Å²) in [5.74, 6) is 0.239. The Kier molecular flexibility index (Phi) is 7.03. The molecule has 1 atom stereocenters. The minimum absolute atomic E-state index is 0.0111. The van der Waals surface area contributed by atoms with Crippen LogP contribution in [0.25, 0.3) is 0 Å². The zero-order valence-corrected chi connectivity index (χ0v) is 16.6. The summed E-state index contributed by atoms with van der Waals surface area (Å²) >= 11 is 0. The Bertz CT molecular complexity index is 517. The van der Waals surface area contributed by atoms with E-state index < -0.39 is 5.41 Å². The molecule has 148 valence electrons. The third-order valence-electron chi connectivity index (χ3n) is 5.05. The molecule has 2 rings (SSSR count). The van der Waals surface area contributed by atoms with Gasteiger partial charge in [0.2, 0.25) is 17.7 Å². The topological polar surface area (TPSA) is 81.8 Å². The largest absolute Gasteiger partial charge is 0.356 e. The van der Waals surface area contributed by atoms with E-state index in [0.717, 1.165) is 25.9 Å². The highest BCUT2D eigenvalue weighted by atomic mass is 16.2. The average Bonchev–Trinajstić information content (AvgIpc) is 3.40. The van der Waals surface area contributed by atoms with Crippen molar-refractivity contribution in [3.05, 3.63) is 0 Å². The third kappa shape index (κ3) is 6.27. The van der Waals surface area contributed by atoms with Gasteiger partial charge in [0, 0.05) is 50.6 Å². The van der Waals surface area contributed by atoms with Crippen LogP contribution in [0.2, 0.25) is 0 Å². The van der Waals surface area contributed by atoms with Crippen LogP contribution in [0.15, 0.2) is 0 Å². The zero-order chi connectivity index (χ0) is 19.3. The highest BCUT2D eigenvalue weighted by molar-refractivity contribution is 5.82. The predicted octanol–water partition coefficient (Wildman–Crippen LogP) is 0.740. The van der Waals surface area contributed by atoms with Gasteiger partial charge in [0.05, 0.1) is 6.04 Å². The van der Waals surface area contributed by atoms with Gasteiger partial charge in [-0.25, -0.2) is 0 Å². The molecular formula is C19H34N4O3. The predicted molar refractivity (Wildman–Crippen MR) is 100 cm³/mol. The lowest BCUT2D eigenvalue weighted by Crippen LogP contribution is -2.55. The molecule has 2 fully saturated rings. The number of nitrogens with one attached hydrogen (secondary N) is 2. The van der Waals surface area contributed by atoms with Crippen molar-refractivity contribution in [2.45, 2.75) is 65.5 Å². The smallest absolute Gasteiger partial charge is 0.237 e. The van der Waals surface area contributed by atoms with E-state index in [1.54, 1.807) is 0 Å². The molecule has 3 amide bonds. The number of rotatable bonds is 7. The number of carbonyl (C=O) groups is 3. The van der Waals surface area contributed by atoms with Crippen LogP contribution in [0.1, 0.15) is 53.4 Å². The van der Waals surface area contributed by atoms with E-state index in [-0.39, 0.29) is 23.8 Å². The van der Waals surface area contributed by atoms with Gasteiger partial charge in [0.15, 0.2) is 0 Å². The molecule has 0 aromatic heterocycles. The first-order chi connectivity index (χ1) is 12.2. The molecule has 1 saturated carbocycles. The summed E-state index contributed by atoms with van der Waals surface area (Å²) in [7, 11) is 0. The maximum Gasteiger partial charge on any atom is 0.237 e. The maximum absolute atomic E-state index is 12.3. The summed E-state index contributed by atoms with van der Waals surface area (Å²) in [6.07, 6.45) is 3.29. The molecule has 2 N–H and O–H groups in total. The summed E-state index contributed by atoms with van der Waals surface area (Å²) in [5.41, 5.74) is -0.400. The summed E-state index contributed by atoms with van der Waals surface area (Å²) in [6, 6.07) is 0.243. The Morgan fingerprint density at radius 1 is 1.08 bits per heavy atom. The van der Waals surface area contributed by atoms with E-state index >= 15 is 0 Å². The molecule has 7 heteroatoms. The Labute approximate surface area is 156 Å². The van der Waals surface area contributed by atoms with Crippen molar-refractivity contribution < 1.29 is 14.4 Å². The van der Waals surface area contributed by atoms with Gasteiger partial charge in [-0.3, -0.25) is 19.3 Å². The molecular weight excluding hydrogens is 332 g/mol. The molecule has 0 spiro atoms. The van der Waals surface area contributed by atoms with Gasteiger partial charge in [0.1, 0.15) is 0 Å². The standard InChI is InChI=1S/C19H34N4O3/c1-14(17(25)21-15-7-8-15)22-10-12-23(13-11-22)16(24)6-5-9-20-18(26)19(2,3)4/h14-15H,5-13H2,1-4H3,(H,20,26)(H,21,25). The second-order valence-electron chi connectivity index (χ2n) is 8.49. The normalized spacial score (nSPS) is 19.8. The quantitative estimate of drug-likeness (QED) is 0.651.